The second-order valence-electron chi connectivity index (χ2n) is 4.98. The van der Waals surface area contributed by atoms with E-state index in [0.29, 0.717) is 13.0 Å². The van der Waals surface area contributed by atoms with Gasteiger partial charge >= 0.3 is 5.97 Å². The SMILES string of the molecule is CCS(=O)(=O)CCCN1CCc2ccc(C(=O)O)cc21. The molecule has 0 saturated carbocycles. The summed E-state index contributed by atoms with van der Waals surface area (Å²) < 4.78 is 22.9. The van der Waals surface area contributed by atoms with Crippen molar-refractivity contribution >= 4 is 21.5 Å². The third-order valence-electron chi connectivity index (χ3n) is 3.65. The molecule has 6 heteroatoms. The molecule has 0 aliphatic carbocycles. The Balaban J connectivity index is 2.04. The Morgan fingerprint density at radius 2 is 2.15 bits per heavy atom. The first-order chi connectivity index (χ1) is 9.43. The molecule has 1 aliphatic rings. The lowest BCUT2D eigenvalue weighted by molar-refractivity contribution is 0.0697. The van der Waals surface area contributed by atoms with Crippen LogP contribution in [0, 0.1) is 0 Å². The lowest BCUT2D eigenvalue weighted by atomic mass is 10.1. The third kappa shape index (κ3) is 3.30. The van der Waals surface area contributed by atoms with Crippen LogP contribution in [0.4, 0.5) is 5.69 Å². The lowest BCUT2D eigenvalue weighted by Gasteiger charge is -2.19. The minimum atomic E-state index is -2.93. The van der Waals surface area contributed by atoms with E-state index in [0.717, 1.165) is 24.2 Å². The van der Waals surface area contributed by atoms with Crippen LogP contribution in [0.15, 0.2) is 18.2 Å². The zero-order valence-electron chi connectivity index (χ0n) is 11.5. The number of hydrogen-bond acceptors (Lipinski definition) is 4. The molecule has 0 spiro atoms. The monoisotopic (exact) mass is 297 g/mol. The Morgan fingerprint density at radius 1 is 1.40 bits per heavy atom. The van der Waals surface area contributed by atoms with Crippen molar-refractivity contribution in [3.8, 4) is 0 Å². The zero-order valence-corrected chi connectivity index (χ0v) is 12.3. The fourth-order valence-electron chi connectivity index (χ4n) is 2.43. The van der Waals surface area contributed by atoms with Crippen LogP contribution in [0.1, 0.15) is 29.3 Å². The Kier molecular flexibility index (Phi) is 4.32. The molecule has 0 saturated heterocycles. The van der Waals surface area contributed by atoms with Crippen molar-refractivity contribution in [3.05, 3.63) is 29.3 Å². The number of benzene rings is 1. The number of nitrogens with zero attached hydrogens (tertiary/aromatic N) is 1. The van der Waals surface area contributed by atoms with Gasteiger partial charge in [-0.2, -0.15) is 0 Å². The second kappa shape index (κ2) is 5.83. The van der Waals surface area contributed by atoms with Crippen LogP contribution in [-0.2, 0) is 16.3 Å². The minimum absolute atomic E-state index is 0.173. The van der Waals surface area contributed by atoms with Gasteiger partial charge in [0.05, 0.1) is 11.3 Å². The van der Waals surface area contributed by atoms with Crippen molar-refractivity contribution in [1.29, 1.82) is 0 Å². The maximum atomic E-state index is 11.5. The Morgan fingerprint density at radius 3 is 2.80 bits per heavy atom. The summed E-state index contributed by atoms with van der Waals surface area (Å²) >= 11 is 0. The maximum Gasteiger partial charge on any atom is 0.335 e. The molecule has 1 N–H and O–H groups in total. The fourth-order valence-corrected chi connectivity index (χ4v) is 3.29. The van der Waals surface area contributed by atoms with E-state index in [1.54, 1.807) is 19.1 Å². The predicted molar refractivity (Wildman–Crippen MR) is 78.3 cm³/mol. The summed E-state index contributed by atoms with van der Waals surface area (Å²) in [7, 11) is -2.93. The molecule has 0 amide bonds. The molecular weight excluding hydrogens is 278 g/mol. The molecule has 2 rings (SSSR count). The van der Waals surface area contributed by atoms with Crippen LogP contribution < -0.4 is 4.90 Å². The van der Waals surface area contributed by atoms with Crippen molar-refractivity contribution in [2.24, 2.45) is 0 Å². The van der Waals surface area contributed by atoms with Crippen LogP contribution in [0.2, 0.25) is 0 Å². The molecule has 0 bridgehead atoms. The van der Waals surface area contributed by atoms with Gasteiger partial charge in [-0.05, 0) is 30.5 Å². The number of aromatic carboxylic acids is 1. The molecule has 0 radical (unpaired) electrons. The molecule has 0 unspecified atom stereocenters. The number of rotatable bonds is 6. The van der Waals surface area contributed by atoms with Crippen molar-refractivity contribution in [1.82, 2.24) is 0 Å². The quantitative estimate of drug-likeness (QED) is 0.862. The van der Waals surface area contributed by atoms with Gasteiger partial charge in [-0.3, -0.25) is 0 Å². The average molecular weight is 297 g/mol. The summed E-state index contributed by atoms with van der Waals surface area (Å²) in [6, 6.07) is 5.15. The van der Waals surface area contributed by atoms with Crippen molar-refractivity contribution in [2.45, 2.75) is 19.8 Å². The van der Waals surface area contributed by atoms with E-state index in [1.807, 2.05) is 6.07 Å². The lowest BCUT2D eigenvalue weighted by Crippen LogP contribution is -2.24. The molecule has 1 aliphatic heterocycles. The smallest absolute Gasteiger partial charge is 0.335 e. The number of anilines is 1. The van der Waals surface area contributed by atoms with E-state index in [2.05, 4.69) is 4.90 Å². The maximum absolute atomic E-state index is 11.5. The Bertz CT molecular complexity index is 610. The van der Waals surface area contributed by atoms with Crippen LogP contribution in [0.25, 0.3) is 0 Å². The summed E-state index contributed by atoms with van der Waals surface area (Å²) in [4.78, 5) is 13.1. The molecular formula is C14H19NO4S. The van der Waals surface area contributed by atoms with E-state index in [9.17, 15) is 13.2 Å². The second-order valence-corrected chi connectivity index (χ2v) is 7.45. The van der Waals surface area contributed by atoms with E-state index >= 15 is 0 Å². The molecule has 1 aromatic carbocycles. The predicted octanol–water partition coefficient (Wildman–Crippen LogP) is 1.57. The van der Waals surface area contributed by atoms with Gasteiger partial charge in [-0.25, -0.2) is 13.2 Å². The van der Waals surface area contributed by atoms with E-state index in [-0.39, 0.29) is 17.1 Å². The Labute approximate surface area is 119 Å². The standard InChI is InChI=1S/C14H19NO4S/c1-2-20(18,19)9-3-7-15-8-6-11-4-5-12(14(16)17)10-13(11)15/h4-5,10H,2-3,6-9H2,1H3,(H,16,17). The number of carbonyl (C=O) groups is 1. The molecule has 110 valence electrons. The highest BCUT2D eigenvalue weighted by Gasteiger charge is 2.20. The molecule has 0 fully saturated rings. The van der Waals surface area contributed by atoms with Gasteiger partial charge in [0, 0.05) is 24.5 Å². The minimum Gasteiger partial charge on any atom is -0.478 e. The zero-order chi connectivity index (χ0) is 14.8. The Hall–Kier alpha value is -1.56. The molecule has 5 nitrogen and oxygen atoms in total. The van der Waals surface area contributed by atoms with Gasteiger partial charge in [-0.1, -0.05) is 13.0 Å². The molecule has 0 atom stereocenters. The fraction of sp³-hybridized carbons (Fsp3) is 0.500. The van der Waals surface area contributed by atoms with E-state index in [4.69, 9.17) is 5.11 Å². The first-order valence-corrected chi connectivity index (χ1v) is 8.56. The van der Waals surface area contributed by atoms with Gasteiger partial charge in [0.1, 0.15) is 9.84 Å². The number of carboxylic acid groups (broad SMARTS) is 1. The summed E-state index contributed by atoms with van der Waals surface area (Å²) in [5.41, 5.74) is 2.34. The number of sulfone groups is 1. The number of hydrogen-bond donors (Lipinski definition) is 1. The van der Waals surface area contributed by atoms with Gasteiger partial charge in [0.25, 0.3) is 0 Å². The number of fused-ring (bicyclic) bond motifs is 1. The van der Waals surface area contributed by atoms with Gasteiger partial charge < -0.3 is 10.0 Å². The van der Waals surface area contributed by atoms with Crippen LogP contribution in [0.3, 0.4) is 0 Å². The highest BCUT2D eigenvalue weighted by molar-refractivity contribution is 7.91. The molecule has 1 heterocycles. The van der Waals surface area contributed by atoms with Crippen molar-refractivity contribution in [2.75, 3.05) is 29.5 Å². The topological polar surface area (TPSA) is 74.7 Å². The normalized spacial score (nSPS) is 14.3. The van der Waals surface area contributed by atoms with Gasteiger partial charge in [0.15, 0.2) is 0 Å². The van der Waals surface area contributed by atoms with Crippen molar-refractivity contribution in [3.63, 3.8) is 0 Å². The molecule has 0 aromatic heterocycles. The van der Waals surface area contributed by atoms with Crippen LogP contribution in [0.5, 0.6) is 0 Å². The van der Waals surface area contributed by atoms with E-state index in [1.165, 1.54) is 0 Å². The summed E-state index contributed by atoms with van der Waals surface area (Å²) in [6.45, 7) is 3.12. The summed E-state index contributed by atoms with van der Waals surface area (Å²) in [5.74, 6) is -0.575. The van der Waals surface area contributed by atoms with Gasteiger partial charge in [-0.15, -0.1) is 0 Å². The number of carboxylic acids is 1. The summed E-state index contributed by atoms with van der Waals surface area (Å²) in [6.07, 6.45) is 1.46. The first kappa shape index (κ1) is 14.8. The largest absolute Gasteiger partial charge is 0.478 e. The van der Waals surface area contributed by atoms with Crippen LogP contribution in [-0.4, -0.2) is 44.1 Å². The van der Waals surface area contributed by atoms with Crippen molar-refractivity contribution < 1.29 is 18.3 Å². The average Bonchev–Trinajstić information content (AvgIpc) is 2.81. The molecule has 1 aromatic rings. The summed E-state index contributed by atoms with van der Waals surface area (Å²) in [5, 5.41) is 9.02. The first-order valence-electron chi connectivity index (χ1n) is 6.74. The molecule has 20 heavy (non-hydrogen) atoms. The van der Waals surface area contributed by atoms with Crippen LogP contribution >= 0.6 is 0 Å². The third-order valence-corrected chi connectivity index (χ3v) is 5.44. The van der Waals surface area contributed by atoms with Gasteiger partial charge in [0.2, 0.25) is 0 Å². The van der Waals surface area contributed by atoms with E-state index < -0.39 is 15.8 Å². The highest BCUT2D eigenvalue weighted by Crippen LogP contribution is 2.29. The highest BCUT2D eigenvalue weighted by atomic mass is 32.2.